The molecule has 2 atom stereocenters. The number of hydrogen-bond donors (Lipinski definition) is 1. The van der Waals surface area contributed by atoms with Crippen LogP contribution in [0.25, 0.3) is 0 Å². The highest BCUT2D eigenvalue weighted by Crippen LogP contribution is 2.48. The van der Waals surface area contributed by atoms with E-state index < -0.39 is 0 Å². The zero-order chi connectivity index (χ0) is 11.4. The molecule has 16 heavy (non-hydrogen) atoms. The molecule has 1 nitrogen and oxygen atoms in total. The van der Waals surface area contributed by atoms with Gasteiger partial charge in [0.05, 0.1) is 0 Å². The third-order valence-corrected chi connectivity index (χ3v) is 4.44. The lowest BCUT2D eigenvalue weighted by Gasteiger charge is -2.14. The molecule has 1 heteroatoms. The van der Waals surface area contributed by atoms with Crippen LogP contribution in [0.2, 0.25) is 0 Å². The van der Waals surface area contributed by atoms with E-state index in [0.29, 0.717) is 0 Å². The van der Waals surface area contributed by atoms with Crippen molar-refractivity contribution >= 4 is 0 Å². The van der Waals surface area contributed by atoms with Crippen LogP contribution < -0.4 is 5.32 Å². The monoisotopic (exact) mass is 223 g/mol. The van der Waals surface area contributed by atoms with E-state index in [9.17, 15) is 0 Å². The molecule has 0 aromatic carbocycles. The van der Waals surface area contributed by atoms with Gasteiger partial charge in [-0.05, 0) is 43.2 Å². The van der Waals surface area contributed by atoms with Crippen molar-refractivity contribution in [2.45, 2.75) is 58.8 Å². The van der Waals surface area contributed by atoms with Crippen LogP contribution in [0.3, 0.4) is 0 Å². The first-order valence-electron chi connectivity index (χ1n) is 7.48. The molecule has 0 aromatic rings. The van der Waals surface area contributed by atoms with Gasteiger partial charge in [0.15, 0.2) is 0 Å². The largest absolute Gasteiger partial charge is 0.316 e. The third kappa shape index (κ3) is 3.76. The van der Waals surface area contributed by atoms with Crippen molar-refractivity contribution in [3.63, 3.8) is 0 Å². The highest BCUT2D eigenvalue weighted by molar-refractivity contribution is 4.92. The molecule has 94 valence electrons. The van der Waals surface area contributed by atoms with E-state index in [1.807, 2.05) is 0 Å². The first-order chi connectivity index (χ1) is 7.77. The first kappa shape index (κ1) is 12.4. The van der Waals surface area contributed by atoms with Gasteiger partial charge in [0.25, 0.3) is 0 Å². The quantitative estimate of drug-likeness (QED) is 0.698. The molecule has 0 bridgehead atoms. The van der Waals surface area contributed by atoms with Gasteiger partial charge in [-0.15, -0.1) is 0 Å². The Labute approximate surface area is 101 Å². The summed E-state index contributed by atoms with van der Waals surface area (Å²) in [5.74, 6) is 4.02. The molecule has 1 N–H and O–H groups in total. The van der Waals surface area contributed by atoms with E-state index in [2.05, 4.69) is 19.2 Å². The topological polar surface area (TPSA) is 12.0 Å². The molecule has 0 saturated heterocycles. The third-order valence-electron chi connectivity index (χ3n) is 4.44. The van der Waals surface area contributed by atoms with Gasteiger partial charge >= 0.3 is 0 Å². The molecule has 2 fully saturated rings. The molecule has 0 spiro atoms. The summed E-state index contributed by atoms with van der Waals surface area (Å²) in [5.41, 5.74) is 0. The van der Waals surface area contributed by atoms with Crippen LogP contribution in [0.1, 0.15) is 58.8 Å². The van der Waals surface area contributed by atoms with Crippen LogP contribution in [0.4, 0.5) is 0 Å². The summed E-state index contributed by atoms with van der Waals surface area (Å²) in [6.07, 6.45) is 10.6. The first-order valence-corrected chi connectivity index (χ1v) is 7.48. The maximum absolute atomic E-state index is 3.63. The highest BCUT2D eigenvalue weighted by atomic mass is 14.9. The Balaban J connectivity index is 1.61. The fourth-order valence-electron chi connectivity index (χ4n) is 3.38. The van der Waals surface area contributed by atoms with Crippen LogP contribution in [-0.2, 0) is 0 Å². The molecule has 2 saturated carbocycles. The second-order valence-electron chi connectivity index (χ2n) is 6.46. The fraction of sp³-hybridized carbons (Fsp3) is 1.00. The van der Waals surface area contributed by atoms with Crippen LogP contribution in [-0.4, -0.2) is 13.1 Å². The van der Waals surface area contributed by atoms with Crippen molar-refractivity contribution in [2.24, 2.45) is 23.7 Å². The summed E-state index contributed by atoms with van der Waals surface area (Å²) in [7, 11) is 0. The van der Waals surface area contributed by atoms with E-state index in [1.165, 1.54) is 58.0 Å². The second-order valence-corrected chi connectivity index (χ2v) is 6.46. The summed E-state index contributed by atoms with van der Waals surface area (Å²) in [5, 5.41) is 3.63. The Kier molecular flexibility index (Phi) is 4.69. The standard InChI is InChI=1S/C15H29N/c1-12(2)10-16-11-14-9-15(14)13-7-5-3-4-6-8-13/h12-16H,3-11H2,1-2H3. The van der Waals surface area contributed by atoms with E-state index in [1.54, 1.807) is 0 Å². The van der Waals surface area contributed by atoms with Crippen LogP contribution in [0.5, 0.6) is 0 Å². The van der Waals surface area contributed by atoms with Gasteiger partial charge in [-0.1, -0.05) is 52.4 Å². The SMILES string of the molecule is CC(C)CNCC1CC1C1CCCCCC1. The normalized spacial score (nSPS) is 31.7. The van der Waals surface area contributed by atoms with Crippen molar-refractivity contribution < 1.29 is 0 Å². The molecule has 0 aliphatic heterocycles. The van der Waals surface area contributed by atoms with Crippen LogP contribution >= 0.6 is 0 Å². The lowest BCUT2D eigenvalue weighted by atomic mass is 9.94. The minimum absolute atomic E-state index is 0.801. The van der Waals surface area contributed by atoms with E-state index >= 15 is 0 Å². The summed E-state index contributed by atoms with van der Waals surface area (Å²) in [6.45, 7) is 7.08. The van der Waals surface area contributed by atoms with Gasteiger partial charge in [0.1, 0.15) is 0 Å². The molecule has 0 heterocycles. The molecular formula is C15H29N. The summed E-state index contributed by atoms with van der Waals surface area (Å²) in [4.78, 5) is 0. The Morgan fingerprint density at radius 1 is 1.06 bits per heavy atom. The van der Waals surface area contributed by atoms with Crippen molar-refractivity contribution in [1.82, 2.24) is 5.32 Å². The Hall–Kier alpha value is -0.0400. The highest BCUT2D eigenvalue weighted by Gasteiger charge is 2.41. The lowest BCUT2D eigenvalue weighted by molar-refractivity contribution is 0.379. The Bertz CT molecular complexity index is 192. The van der Waals surface area contributed by atoms with Gasteiger partial charge in [0, 0.05) is 0 Å². The minimum Gasteiger partial charge on any atom is -0.316 e. The molecule has 2 aliphatic rings. The van der Waals surface area contributed by atoms with E-state index in [-0.39, 0.29) is 0 Å². The van der Waals surface area contributed by atoms with Gasteiger partial charge in [-0.25, -0.2) is 0 Å². The minimum atomic E-state index is 0.801. The molecule has 0 aromatic heterocycles. The Morgan fingerprint density at radius 2 is 1.75 bits per heavy atom. The summed E-state index contributed by atoms with van der Waals surface area (Å²) < 4.78 is 0. The van der Waals surface area contributed by atoms with Crippen molar-refractivity contribution in [3.8, 4) is 0 Å². The molecule has 0 radical (unpaired) electrons. The predicted octanol–water partition coefficient (Wildman–Crippen LogP) is 3.84. The van der Waals surface area contributed by atoms with Crippen LogP contribution in [0.15, 0.2) is 0 Å². The number of rotatable bonds is 5. The smallest absolute Gasteiger partial charge is 0.00175 e. The Morgan fingerprint density at radius 3 is 2.38 bits per heavy atom. The van der Waals surface area contributed by atoms with Gasteiger partial charge in [-0.2, -0.15) is 0 Å². The molecule has 2 rings (SSSR count). The zero-order valence-corrected chi connectivity index (χ0v) is 11.2. The van der Waals surface area contributed by atoms with Crippen molar-refractivity contribution in [1.29, 1.82) is 0 Å². The zero-order valence-electron chi connectivity index (χ0n) is 11.2. The van der Waals surface area contributed by atoms with E-state index in [4.69, 9.17) is 0 Å². The molecule has 2 aliphatic carbocycles. The van der Waals surface area contributed by atoms with Gasteiger partial charge < -0.3 is 5.32 Å². The predicted molar refractivity (Wildman–Crippen MR) is 70.5 cm³/mol. The van der Waals surface area contributed by atoms with Gasteiger partial charge in [-0.3, -0.25) is 0 Å². The lowest BCUT2D eigenvalue weighted by Crippen LogP contribution is -2.23. The number of nitrogens with one attached hydrogen (secondary N) is 1. The maximum Gasteiger partial charge on any atom is -0.00175 e. The fourth-order valence-corrected chi connectivity index (χ4v) is 3.38. The van der Waals surface area contributed by atoms with Crippen molar-refractivity contribution in [3.05, 3.63) is 0 Å². The molecule has 0 amide bonds. The second kappa shape index (κ2) is 6.05. The maximum atomic E-state index is 3.63. The number of hydrogen-bond acceptors (Lipinski definition) is 1. The summed E-state index contributed by atoms with van der Waals surface area (Å²) >= 11 is 0. The van der Waals surface area contributed by atoms with Gasteiger partial charge in [0.2, 0.25) is 0 Å². The average Bonchev–Trinajstić information content (AvgIpc) is 2.98. The van der Waals surface area contributed by atoms with Crippen LogP contribution in [0, 0.1) is 23.7 Å². The summed E-state index contributed by atoms with van der Waals surface area (Å²) in [6, 6.07) is 0. The van der Waals surface area contributed by atoms with Crippen molar-refractivity contribution in [2.75, 3.05) is 13.1 Å². The molecule has 2 unspecified atom stereocenters. The average molecular weight is 223 g/mol. The molecular weight excluding hydrogens is 194 g/mol. The van der Waals surface area contributed by atoms with E-state index in [0.717, 1.165) is 23.7 Å².